The van der Waals surface area contributed by atoms with Gasteiger partial charge in [0.2, 0.25) is 0 Å². The summed E-state index contributed by atoms with van der Waals surface area (Å²) >= 11 is 0. The molecule has 1 aliphatic heterocycles. The average molecular weight is 268 g/mol. The van der Waals surface area contributed by atoms with Gasteiger partial charge in [0, 0.05) is 25.2 Å². The molecule has 1 N–H and O–H groups in total. The van der Waals surface area contributed by atoms with Gasteiger partial charge in [0.05, 0.1) is 0 Å². The zero-order chi connectivity index (χ0) is 14.0. The highest BCUT2D eigenvalue weighted by Gasteiger charge is 2.35. The molecule has 0 aromatic heterocycles. The standard InChI is InChI=1S/C15H28N2O2/c1-11(12-7-5-6-8-12)16-13-9-17(10-13)14(18)19-15(2,3)4/h11-13,16H,5-10H2,1-4H3/t11-/m0/s1. The van der Waals surface area contributed by atoms with Crippen molar-refractivity contribution in [2.75, 3.05) is 13.1 Å². The maximum Gasteiger partial charge on any atom is 0.410 e. The van der Waals surface area contributed by atoms with E-state index in [0.29, 0.717) is 12.1 Å². The molecule has 1 saturated carbocycles. The van der Waals surface area contributed by atoms with Crippen molar-refractivity contribution in [3.05, 3.63) is 0 Å². The van der Waals surface area contributed by atoms with Gasteiger partial charge in [-0.1, -0.05) is 12.8 Å². The third-order valence-corrected chi connectivity index (χ3v) is 4.14. The fourth-order valence-electron chi connectivity index (χ4n) is 3.02. The second kappa shape index (κ2) is 5.70. The average Bonchev–Trinajstić information content (AvgIpc) is 2.72. The van der Waals surface area contributed by atoms with Gasteiger partial charge >= 0.3 is 6.09 Å². The van der Waals surface area contributed by atoms with Crippen LogP contribution in [-0.2, 0) is 4.74 Å². The van der Waals surface area contributed by atoms with Crippen LogP contribution in [0.5, 0.6) is 0 Å². The molecule has 19 heavy (non-hydrogen) atoms. The van der Waals surface area contributed by atoms with Crippen molar-refractivity contribution in [3.63, 3.8) is 0 Å². The van der Waals surface area contributed by atoms with Crippen LogP contribution in [0.15, 0.2) is 0 Å². The monoisotopic (exact) mass is 268 g/mol. The molecule has 2 fully saturated rings. The van der Waals surface area contributed by atoms with Gasteiger partial charge in [0.25, 0.3) is 0 Å². The number of carbonyl (C=O) groups excluding carboxylic acids is 1. The first-order valence-electron chi connectivity index (χ1n) is 7.59. The smallest absolute Gasteiger partial charge is 0.410 e. The molecule has 0 spiro atoms. The van der Waals surface area contributed by atoms with E-state index in [1.807, 2.05) is 20.8 Å². The van der Waals surface area contributed by atoms with E-state index in [4.69, 9.17) is 4.74 Å². The molecule has 1 saturated heterocycles. The summed E-state index contributed by atoms with van der Waals surface area (Å²) in [4.78, 5) is 13.6. The molecule has 4 heteroatoms. The Morgan fingerprint density at radius 3 is 2.37 bits per heavy atom. The van der Waals surface area contributed by atoms with Gasteiger partial charge in [-0.3, -0.25) is 0 Å². The van der Waals surface area contributed by atoms with E-state index in [2.05, 4.69) is 12.2 Å². The summed E-state index contributed by atoms with van der Waals surface area (Å²) in [6.45, 7) is 9.57. The summed E-state index contributed by atoms with van der Waals surface area (Å²) < 4.78 is 5.35. The van der Waals surface area contributed by atoms with Crippen LogP contribution in [0.1, 0.15) is 53.4 Å². The number of likely N-dealkylation sites (tertiary alicyclic amines) is 1. The number of carbonyl (C=O) groups is 1. The Hall–Kier alpha value is -0.770. The van der Waals surface area contributed by atoms with E-state index < -0.39 is 5.60 Å². The van der Waals surface area contributed by atoms with Crippen molar-refractivity contribution in [3.8, 4) is 0 Å². The van der Waals surface area contributed by atoms with Crippen molar-refractivity contribution in [2.24, 2.45) is 5.92 Å². The van der Waals surface area contributed by atoms with Gasteiger partial charge in [0.1, 0.15) is 5.60 Å². The lowest BCUT2D eigenvalue weighted by atomic mass is 9.97. The third-order valence-electron chi connectivity index (χ3n) is 4.14. The highest BCUT2D eigenvalue weighted by atomic mass is 16.6. The van der Waals surface area contributed by atoms with Crippen LogP contribution >= 0.6 is 0 Å². The fraction of sp³-hybridized carbons (Fsp3) is 0.933. The molecular weight excluding hydrogens is 240 g/mol. The maximum absolute atomic E-state index is 11.8. The molecule has 110 valence electrons. The Labute approximate surface area is 116 Å². The van der Waals surface area contributed by atoms with Gasteiger partial charge < -0.3 is 15.0 Å². The minimum Gasteiger partial charge on any atom is -0.444 e. The number of nitrogens with one attached hydrogen (secondary N) is 1. The van der Waals surface area contributed by atoms with Crippen LogP contribution in [0.4, 0.5) is 4.79 Å². The number of hydrogen-bond donors (Lipinski definition) is 1. The predicted molar refractivity (Wildman–Crippen MR) is 76.2 cm³/mol. The summed E-state index contributed by atoms with van der Waals surface area (Å²) in [5, 5.41) is 3.66. The van der Waals surface area contributed by atoms with Crippen molar-refractivity contribution in [1.82, 2.24) is 10.2 Å². The second-order valence-corrected chi connectivity index (χ2v) is 7.08. The van der Waals surface area contributed by atoms with E-state index in [0.717, 1.165) is 19.0 Å². The lowest BCUT2D eigenvalue weighted by Crippen LogP contribution is -2.62. The number of rotatable bonds is 3. The lowest BCUT2D eigenvalue weighted by molar-refractivity contribution is 0.00363. The fourth-order valence-corrected chi connectivity index (χ4v) is 3.02. The molecule has 2 aliphatic rings. The zero-order valence-electron chi connectivity index (χ0n) is 12.7. The molecule has 0 radical (unpaired) electrons. The van der Waals surface area contributed by atoms with Gasteiger partial charge in [-0.05, 0) is 46.5 Å². The van der Waals surface area contributed by atoms with Crippen LogP contribution in [-0.4, -0.2) is 41.8 Å². The number of amides is 1. The minimum absolute atomic E-state index is 0.181. The van der Waals surface area contributed by atoms with Crippen LogP contribution in [0.2, 0.25) is 0 Å². The SMILES string of the molecule is C[C@H](NC1CN(C(=O)OC(C)(C)C)C1)C1CCCC1. The molecule has 2 rings (SSSR count). The Balaban J connectivity index is 1.67. The van der Waals surface area contributed by atoms with E-state index in [9.17, 15) is 4.79 Å². The normalized spacial score (nSPS) is 23.3. The quantitative estimate of drug-likeness (QED) is 0.855. The Bertz CT molecular complexity index is 313. The largest absolute Gasteiger partial charge is 0.444 e. The van der Waals surface area contributed by atoms with Crippen LogP contribution in [0.25, 0.3) is 0 Å². The van der Waals surface area contributed by atoms with Crippen LogP contribution in [0, 0.1) is 5.92 Å². The molecule has 0 bridgehead atoms. The van der Waals surface area contributed by atoms with Crippen molar-refractivity contribution < 1.29 is 9.53 Å². The Morgan fingerprint density at radius 1 is 1.26 bits per heavy atom. The molecule has 1 heterocycles. The molecule has 1 atom stereocenters. The van der Waals surface area contributed by atoms with E-state index in [-0.39, 0.29) is 6.09 Å². The summed E-state index contributed by atoms with van der Waals surface area (Å²) in [5.74, 6) is 0.829. The number of hydrogen-bond acceptors (Lipinski definition) is 3. The van der Waals surface area contributed by atoms with Crippen LogP contribution in [0.3, 0.4) is 0 Å². The molecule has 1 amide bonds. The first kappa shape index (κ1) is 14.6. The first-order valence-corrected chi connectivity index (χ1v) is 7.59. The molecule has 4 nitrogen and oxygen atoms in total. The Kier molecular flexibility index (Phi) is 4.39. The van der Waals surface area contributed by atoms with Crippen molar-refractivity contribution >= 4 is 6.09 Å². The van der Waals surface area contributed by atoms with Gasteiger partial charge in [-0.25, -0.2) is 4.79 Å². The van der Waals surface area contributed by atoms with Crippen molar-refractivity contribution in [2.45, 2.75) is 71.1 Å². The summed E-state index contributed by atoms with van der Waals surface area (Å²) in [5.41, 5.74) is -0.396. The predicted octanol–water partition coefficient (Wildman–Crippen LogP) is 2.77. The maximum atomic E-state index is 11.8. The van der Waals surface area contributed by atoms with E-state index in [1.165, 1.54) is 25.7 Å². The third kappa shape index (κ3) is 4.10. The second-order valence-electron chi connectivity index (χ2n) is 7.08. The summed E-state index contributed by atoms with van der Waals surface area (Å²) in [6.07, 6.45) is 5.29. The van der Waals surface area contributed by atoms with Gasteiger partial charge in [-0.15, -0.1) is 0 Å². The highest BCUT2D eigenvalue weighted by molar-refractivity contribution is 5.69. The highest BCUT2D eigenvalue weighted by Crippen LogP contribution is 2.28. The first-order chi connectivity index (χ1) is 8.85. The zero-order valence-corrected chi connectivity index (χ0v) is 12.7. The van der Waals surface area contributed by atoms with Crippen LogP contribution < -0.4 is 5.32 Å². The molecule has 0 unspecified atom stereocenters. The van der Waals surface area contributed by atoms with Gasteiger partial charge in [0.15, 0.2) is 0 Å². The van der Waals surface area contributed by atoms with E-state index >= 15 is 0 Å². The topological polar surface area (TPSA) is 41.6 Å². The van der Waals surface area contributed by atoms with Crippen molar-refractivity contribution in [1.29, 1.82) is 0 Å². The summed E-state index contributed by atoms with van der Waals surface area (Å²) in [6, 6.07) is 1.02. The number of nitrogens with zero attached hydrogens (tertiary/aromatic N) is 1. The van der Waals surface area contributed by atoms with E-state index in [1.54, 1.807) is 4.90 Å². The molecule has 0 aromatic rings. The molecular formula is C15H28N2O2. The molecule has 0 aromatic carbocycles. The lowest BCUT2D eigenvalue weighted by Gasteiger charge is -2.42. The molecule has 1 aliphatic carbocycles. The van der Waals surface area contributed by atoms with Gasteiger partial charge in [-0.2, -0.15) is 0 Å². The Morgan fingerprint density at radius 2 is 1.84 bits per heavy atom. The minimum atomic E-state index is -0.396. The number of ether oxygens (including phenoxy) is 1. The summed E-state index contributed by atoms with van der Waals surface area (Å²) in [7, 11) is 0.